The quantitative estimate of drug-likeness (QED) is 0.443. The molecule has 1 aromatic heterocycles. The highest BCUT2D eigenvalue weighted by atomic mass is 32.2. The van der Waals surface area contributed by atoms with Crippen LogP contribution in [-0.2, 0) is 21.2 Å². The molecule has 1 fully saturated rings. The summed E-state index contributed by atoms with van der Waals surface area (Å²) in [5.74, 6) is 1.53. The molecule has 2 heterocycles. The molecule has 0 spiro atoms. The number of carbonyl (C=O) groups excluding carboxylic acids is 1. The van der Waals surface area contributed by atoms with Gasteiger partial charge in [0, 0.05) is 24.2 Å². The number of carbonyl (C=O) groups is 1. The van der Waals surface area contributed by atoms with E-state index in [0.29, 0.717) is 41.1 Å². The minimum absolute atomic E-state index is 0.0717. The molecule has 0 radical (unpaired) electrons. The SMILES string of the molecule is C=CCn1c(SC(C)C(=O)Nc2ccc(OC)c(OC)c2)nnc1C1CCS(=O)(=O)C1. The summed E-state index contributed by atoms with van der Waals surface area (Å²) in [7, 11) is 0.0294. The van der Waals surface area contributed by atoms with Crippen molar-refractivity contribution in [3.63, 3.8) is 0 Å². The van der Waals surface area contributed by atoms with E-state index in [1.165, 1.54) is 18.9 Å². The van der Waals surface area contributed by atoms with Crippen molar-refractivity contribution in [1.29, 1.82) is 0 Å². The van der Waals surface area contributed by atoms with Crippen LogP contribution in [0.15, 0.2) is 36.0 Å². The molecule has 1 aliphatic heterocycles. The summed E-state index contributed by atoms with van der Waals surface area (Å²) >= 11 is 1.26. The van der Waals surface area contributed by atoms with Gasteiger partial charge in [-0.3, -0.25) is 4.79 Å². The third-order valence-corrected chi connectivity index (χ3v) is 7.81. The number of ether oxygens (including phenoxy) is 2. The van der Waals surface area contributed by atoms with Gasteiger partial charge in [-0.05, 0) is 25.5 Å². The van der Waals surface area contributed by atoms with E-state index < -0.39 is 15.1 Å². The summed E-state index contributed by atoms with van der Waals surface area (Å²) in [5, 5.41) is 11.4. The molecule has 2 atom stereocenters. The van der Waals surface area contributed by atoms with E-state index in [-0.39, 0.29) is 23.3 Å². The lowest BCUT2D eigenvalue weighted by Gasteiger charge is -2.15. The molecule has 0 aliphatic carbocycles. The number of nitrogens with zero attached hydrogens (tertiary/aromatic N) is 3. The van der Waals surface area contributed by atoms with E-state index in [0.717, 1.165) is 0 Å². The van der Waals surface area contributed by atoms with Crippen molar-refractivity contribution in [2.45, 2.75) is 36.2 Å². The highest BCUT2D eigenvalue weighted by Crippen LogP contribution is 2.32. The summed E-state index contributed by atoms with van der Waals surface area (Å²) in [4.78, 5) is 12.7. The number of sulfone groups is 1. The smallest absolute Gasteiger partial charge is 0.237 e. The molecule has 1 saturated heterocycles. The van der Waals surface area contributed by atoms with Crippen LogP contribution in [0, 0.1) is 0 Å². The molecule has 11 heteroatoms. The first-order valence-electron chi connectivity index (χ1n) is 9.72. The zero-order valence-corrected chi connectivity index (χ0v) is 19.3. The third-order valence-electron chi connectivity index (χ3n) is 4.96. The molecule has 3 rings (SSSR count). The van der Waals surface area contributed by atoms with Gasteiger partial charge in [0.25, 0.3) is 0 Å². The lowest BCUT2D eigenvalue weighted by Crippen LogP contribution is -2.23. The Morgan fingerprint density at radius 1 is 1.35 bits per heavy atom. The number of thioether (sulfide) groups is 1. The summed E-state index contributed by atoms with van der Waals surface area (Å²) in [6.07, 6.45) is 2.23. The van der Waals surface area contributed by atoms with Gasteiger partial charge in [0.2, 0.25) is 5.91 Å². The number of hydrogen-bond acceptors (Lipinski definition) is 8. The van der Waals surface area contributed by atoms with Crippen molar-refractivity contribution in [1.82, 2.24) is 14.8 Å². The van der Waals surface area contributed by atoms with Gasteiger partial charge in [-0.15, -0.1) is 16.8 Å². The van der Waals surface area contributed by atoms with Gasteiger partial charge in [0.1, 0.15) is 5.82 Å². The fourth-order valence-corrected chi connectivity index (χ4v) is 5.96. The van der Waals surface area contributed by atoms with Crippen LogP contribution in [0.5, 0.6) is 11.5 Å². The van der Waals surface area contributed by atoms with Gasteiger partial charge in [0.15, 0.2) is 26.5 Å². The monoisotopic (exact) mass is 466 g/mol. The van der Waals surface area contributed by atoms with E-state index in [1.54, 1.807) is 38.3 Å². The number of benzene rings is 1. The molecule has 9 nitrogen and oxygen atoms in total. The van der Waals surface area contributed by atoms with Gasteiger partial charge in [0.05, 0.1) is 31.0 Å². The van der Waals surface area contributed by atoms with Crippen LogP contribution >= 0.6 is 11.8 Å². The zero-order chi connectivity index (χ0) is 22.6. The van der Waals surface area contributed by atoms with E-state index >= 15 is 0 Å². The maximum absolute atomic E-state index is 12.7. The topological polar surface area (TPSA) is 112 Å². The summed E-state index contributed by atoms with van der Waals surface area (Å²) in [6, 6.07) is 5.14. The Labute approximate surface area is 186 Å². The lowest BCUT2D eigenvalue weighted by atomic mass is 10.1. The van der Waals surface area contributed by atoms with E-state index in [2.05, 4.69) is 22.1 Å². The highest BCUT2D eigenvalue weighted by Gasteiger charge is 2.33. The maximum atomic E-state index is 12.7. The Morgan fingerprint density at radius 2 is 2.10 bits per heavy atom. The molecule has 1 aliphatic rings. The molecular weight excluding hydrogens is 440 g/mol. The molecule has 0 bridgehead atoms. The van der Waals surface area contributed by atoms with E-state index in [1.807, 2.05) is 4.57 Å². The average Bonchev–Trinajstić information content (AvgIpc) is 3.30. The van der Waals surface area contributed by atoms with Crippen molar-refractivity contribution >= 4 is 33.2 Å². The largest absolute Gasteiger partial charge is 0.493 e. The van der Waals surface area contributed by atoms with Crippen molar-refractivity contribution in [3.8, 4) is 11.5 Å². The standard InChI is InChI=1S/C20H26N4O5S2/c1-5-9-24-18(14-8-10-31(26,27)12-14)22-23-20(24)30-13(2)19(25)21-15-6-7-16(28-3)17(11-15)29-4/h5-7,11,13-14H,1,8-10,12H2,2-4H3,(H,21,25). The second-order valence-corrected chi connectivity index (χ2v) is 10.7. The fourth-order valence-electron chi connectivity index (χ4n) is 3.36. The maximum Gasteiger partial charge on any atom is 0.237 e. The van der Waals surface area contributed by atoms with E-state index in [4.69, 9.17) is 9.47 Å². The highest BCUT2D eigenvalue weighted by molar-refractivity contribution is 8.00. The normalized spacial score (nSPS) is 18.4. The molecule has 31 heavy (non-hydrogen) atoms. The number of aromatic nitrogens is 3. The Morgan fingerprint density at radius 3 is 2.71 bits per heavy atom. The molecule has 2 aromatic rings. The van der Waals surface area contributed by atoms with Gasteiger partial charge in [-0.25, -0.2) is 8.42 Å². The van der Waals surface area contributed by atoms with Crippen molar-refractivity contribution < 1.29 is 22.7 Å². The van der Waals surface area contributed by atoms with Gasteiger partial charge >= 0.3 is 0 Å². The Balaban J connectivity index is 1.73. The second kappa shape index (κ2) is 9.73. The predicted octanol–water partition coefficient (Wildman–Crippen LogP) is 2.50. The molecule has 1 N–H and O–H groups in total. The number of amides is 1. The fraction of sp³-hybridized carbons (Fsp3) is 0.450. The number of methoxy groups -OCH3 is 2. The summed E-state index contributed by atoms with van der Waals surface area (Å²) < 4.78 is 36.0. The first kappa shape index (κ1) is 23.1. The third kappa shape index (κ3) is 5.40. The molecule has 1 amide bonds. The van der Waals surface area contributed by atoms with Crippen LogP contribution in [-0.4, -0.2) is 60.1 Å². The van der Waals surface area contributed by atoms with Crippen LogP contribution in [0.2, 0.25) is 0 Å². The van der Waals surface area contributed by atoms with Crippen LogP contribution in [0.4, 0.5) is 5.69 Å². The van der Waals surface area contributed by atoms with Gasteiger partial charge < -0.3 is 19.4 Å². The second-order valence-electron chi connectivity index (χ2n) is 7.16. The molecule has 0 saturated carbocycles. The van der Waals surface area contributed by atoms with Crippen LogP contribution in [0.3, 0.4) is 0 Å². The minimum atomic E-state index is -3.05. The van der Waals surface area contributed by atoms with Crippen LogP contribution < -0.4 is 14.8 Å². The van der Waals surface area contributed by atoms with Crippen molar-refractivity contribution in [2.24, 2.45) is 0 Å². The number of rotatable bonds is 9. The first-order chi connectivity index (χ1) is 14.8. The number of allylic oxidation sites excluding steroid dienone is 1. The molecule has 168 valence electrons. The molecule has 1 aromatic carbocycles. The average molecular weight is 467 g/mol. The Kier molecular flexibility index (Phi) is 7.26. The number of nitrogens with one attached hydrogen (secondary N) is 1. The zero-order valence-electron chi connectivity index (χ0n) is 17.7. The van der Waals surface area contributed by atoms with Gasteiger partial charge in [-0.1, -0.05) is 17.8 Å². The first-order valence-corrected chi connectivity index (χ1v) is 12.4. The Bertz CT molecular complexity index is 1070. The Hall–Kier alpha value is -2.53. The molecular formula is C20H26N4O5S2. The van der Waals surface area contributed by atoms with Crippen LogP contribution in [0.1, 0.15) is 25.1 Å². The van der Waals surface area contributed by atoms with Gasteiger partial charge in [-0.2, -0.15) is 0 Å². The number of hydrogen-bond donors (Lipinski definition) is 1. The molecule has 2 unspecified atom stereocenters. The minimum Gasteiger partial charge on any atom is -0.493 e. The van der Waals surface area contributed by atoms with Crippen molar-refractivity contribution in [3.05, 3.63) is 36.7 Å². The lowest BCUT2D eigenvalue weighted by molar-refractivity contribution is -0.115. The summed E-state index contributed by atoms with van der Waals surface area (Å²) in [6.45, 7) is 5.98. The predicted molar refractivity (Wildman–Crippen MR) is 120 cm³/mol. The number of anilines is 1. The summed E-state index contributed by atoms with van der Waals surface area (Å²) in [5.41, 5.74) is 0.583. The van der Waals surface area contributed by atoms with Crippen molar-refractivity contribution in [2.75, 3.05) is 31.0 Å². The van der Waals surface area contributed by atoms with E-state index in [9.17, 15) is 13.2 Å². The van der Waals surface area contributed by atoms with Crippen LogP contribution in [0.25, 0.3) is 0 Å².